The van der Waals surface area contributed by atoms with Crippen molar-refractivity contribution in [2.24, 2.45) is 11.5 Å². The van der Waals surface area contributed by atoms with E-state index in [4.69, 9.17) is 32.5 Å². The van der Waals surface area contributed by atoms with Crippen molar-refractivity contribution in [3.05, 3.63) is 107 Å². The Hall–Kier alpha value is -6.33. The quantitative estimate of drug-likeness (QED) is 0.0713. The average Bonchev–Trinajstić information content (AvgIpc) is 3.29. The van der Waals surface area contributed by atoms with Crippen LogP contribution in [0.2, 0.25) is 5.02 Å². The number of ether oxygens (including phenoxy) is 2. The summed E-state index contributed by atoms with van der Waals surface area (Å²) in [6, 6.07) is 18.5. The molecule has 0 saturated heterocycles. The van der Waals surface area contributed by atoms with E-state index in [0.29, 0.717) is 63.7 Å². The molecule has 1 heterocycles. The normalized spacial score (nSPS) is 17.0. The van der Waals surface area contributed by atoms with Gasteiger partial charge in [0.15, 0.2) is 5.78 Å². The number of aliphatic hydroxyl groups excluding tert-OH is 1. The first-order chi connectivity index (χ1) is 31.1. The second kappa shape index (κ2) is 23.6. The van der Waals surface area contributed by atoms with Crippen molar-refractivity contribution in [1.82, 2.24) is 26.2 Å². The van der Waals surface area contributed by atoms with E-state index < -0.39 is 59.7 Å². The Kier molecular flexibility index (Phi) is 18.0. The molecule has 1 aliphatic heterocycles. The number of benzene rings is 4. The van der Waals surface area contributed by atoms with Gasteiger partial charge in [0, 0.05) is 41.7 Å². The van der Waals surface area contributed by atoms with Gasteiger partial charge in [0.05, 0.1) is 12.6 Å². The maximum absolute atomic E-state index is 14.8. The lowest BCUT2D eigenvalue weighted by Gasteiger charge is -2.33. The summed E-state index contributed by atoms with van der Waals surface area (Å²) in [7, 11) is 1.44. The summed E-state index contributed by atoms with van der Waals surface area (Å²) in [5, 5.41) is 21.3. The number of aliphatic hydroxyl groups is 1. The van der Waals surface area contributed by atoms with Gasteiger partial charge in [0.2, 0.25) is 23.6 Å². The molecule has 4 aromatic rings. The van der Waals surface area contributed by atoms with Gasteiger partial charge < -0.3 is 52.2 Å². The molecule has 0 spiro atoms. The maximum atomic E-state index is 14.8. The van der Waals surface area contributed by atoms with Crippen molar-refractivity contribution < 1.29 is 43.3 Å². The summed E-state index contributed by atoms with van der Waals surface area (Å²) in [5.74, 6) is -2.81. The van der Waals surface area contributed by atoms with Gasteiger partial charge >= 0.3 is 0 Å². The van der Waals surface area contributed by atoms with Crippen LogP contribution in [0.25, 0.3) is 22.3 Å². The fourth-order valence-electron chi connectivity index (χ4n) is 7.31. The number of carbonyl (C=O) groups excluding carboxylic acids is 6. The molecule has 4 bridgehead atoms. The zero-order valence-electron chi connectivity index (χ0n) is 37.0. The van der Waals surface area contributed by atoms with Crippen LogP contribution in [0.5, 0.6) is 11.5 Å². The molecule has 65 heavy (non-hydrogen) atoms. The zero-order chi connectivity index (χ0) is 47.2. The first-order valence-corrected chi connectivity index (χ1v) is 21.9. The fourth-order valence-corrected chi connectivity index (χ4v) is 7.43. The Morgan fingerprint density at radius 2 is 1.46 bits per heavy atom. The van der Waals surface area contributed by atoms with Gasteiger partial charge in [0.25, 0.3) is 5.91 Å². The first-order valence-electron chi connectivity index (χ1n) is 21.5. The van der Waals surface area contributed by atoms with Gasteiger partial charge in [-0.3, -0.25) is 28.8 Å². The van der Waals surface area contributed by atoms with Crippen molar-refractivity contribution in [3.8, 4) is 33.8 Å². The lowest BCUT2D eigenvalue weighted by molar-refractivity contribution is -0.141. The third-order valence-electron chi connectivity index (χ3n) is 11.0. The molecule has 16 nitrogen and oxygen atoms in total. The second-order valence-electron chi connectivity index (χ2n) is 15.9. The number of halogens is 1. The third-order valence-corrected chi connectivity index (χ3v) is 11.3. The monoisotopic (exact) mass is 911 g/mol. The van der Waals surface area contributed by atoms with Gasteiger partial charge in [-0.1, -0.05) is 48.0 Å². The minimum absolute atomic E-state index is 0.0293. The number of nitrogens with zero attached hydrogens (tertiary/aromatic N) is 1. The van der Waals surface area contributed by atoms with E-state index in [1.54, 1.807) is 72.8 Å². The number of Topliss-reactive ketones (excluding diaryl/α,β-unsaturated/α-hetero) is 1. The minimum Gasteiger partial charge on any atom is -0.492 e. The lowest BCUT2D eigenvalue weighted by Crippen LogP contribution is -2.56. The summed E-state index contributed by atoms with van der Waals surface area (Å²) in [6.45, 7) is 4.59. The number of amides is 5. The van der Waals surface area contributed by atoms with Gasteiger partial charge in [-0.05, 0) is 117 Å². The Morgan fingerprint density at radius 3 is 2.09 bits per heavy atom. The van der Waals surface area contributed by atoms with Crippen molar-refractivity contribution in [2.75, 3.05) is 40.0 Å². The zero-order valence-corrected chi connectivity index (χ0v) is 37.8. The van der Waals surface area contributed by atoms with Crippen molar-refractivity contribution >= 4 is 46.9 Å². The highest BCUT2D eigenvalue weighted by Gasteiger charge is 2.36. The Morgan fingerprint density at radius 1 is 0.831 bits per heavy atom. The molecule has 0 radical (unpaired) electrons. The molecule has 9 N–H and O–H groups in total. The van der Waals surface area contributed by atoms with Gasteiger partial charge in [-0.15, -0.1) is 0 Å². The molecule has 0 aliphatic carbocycles. The van der Waals surface area contributed by atoms with E-state index >= 15 is 0 Å². The van der Waals surface area contributed by atoms with Crippen LogP contribution in [0.3, 0.4) is 0 Å². The van der Waals surface area contributed by atoms with Crippen molar-refractivity contribution in [2.45, 2.75) is 76.7 Å². The molecule has 5 unspecified atom stereocenters. The van der Waals surface area contributed by atoms with Crippen LogP contribution in [-0.4, -0.2) is 109 Å². The molecule has 1 aliphatic rings. The topological polar surface area (TPSA) is 245 Å². The van der Waals surface area contributed by atoms with E-state index in [-0.39, 0.29) is 45.0 Å². The number of hydrogen-bond acceptors (Lipinski definition) is 11. The van der Waals surface area contributed by atoms with Crippen molar-refractivity contribution in [1.29, 1.82) is 0 Å². The van der Waals surface area contributed by atoms with E-state index in [0.717, 1.165) is 11.1 Å². The smallest absolute Gasteiger partial charge is 0.251 e. The van der Waals surface area contributed by atoms with Crippen LogP contribution < -0.4 is 42.2 Å². The van der Waals surface area contributed by atoms with Crippen molar-refractivity contribution in [3.63, 3.8) is 0 Å². The number of ketones is 1. The molecule has 0 saturated carbocycles. The number of carbonyl (C=O) groups is 6. The minimum atomic E-state index is -1.39. The Labute approximate surface area is 383 Å². The molecular formula is C48H58ClN7O9. The van der Waals surface area contributed by atoms with E-state index in [9.17, 15) is 33.9 Å². The Balaban J connectivity index is 1.59. The average molecular weight is 912 g/mol. The van der Waals surface area contributed by atoms with Crippen LogP contribution >= 0.6 is 11.6 Å². The molecule has 346 valence electrons. The van der Waals surface area contributed by atoms with E-state index in [1.165, 1.54) is 32.7 Å². The third kappa shape index (κ3) is 13.1. The number of unbranched alkanes of at least 4 members (excludes halogenated alkanes) is 1. The van der Waals surface area contributed by atoms with Gasteiger partial charge in [-0.25, -0.2) is 0 Å². The number of nitrogens with one attached hydrogen (secondary N) is 4. The summed E-state index contributed by atoms with van der Waals surface area (Å²) < 4.78 is 12.1. The first kappa shape index (κ1) is 49.7. The van der Waals surface area contributed by atoms with Crippen LogP contribution in [-0.2, 0) is 30.4 Å². The Bertz CT molecular complexity index is 2330. The largest absolute Gasteiger partial charge is 0.492 e. The molecule has 5 atom stereocenters. The summed E-state index contributed by atoms with van der Waals surface area (Å²) in [4.78, 5) is 84.1. The van der Waals surface area contributed by atoms with Crippen LogP contribution in [0.4, 0.5) is 0 Å². The van der Waals surface area contributed by atoms with Crippen LogP contribution in [0.1, 0.15) is 67.6 Å². The molecule has 0 fully saturated rings. The highest BCUT2D eigenvalue weighted by Crippen LogP contribution is 2.40. The highest BCUT2D eigenvalue weighted by atomic mass is 35.5. The SMILES string of the molecule is CC(=O)C(C)NC(=O)C1Cc2ccc(OCCO)c(c2)-c2cc(ccc2OCCN)C(N(C)C(=O)C(CCCCN)NC(=O)c2ccc(-c3ccc(Cl)cc3)cc2)C(=O)NC(C)C(=O)N1. The highest BCUT2D eigenvalue weighted by molar-refractivity contribution is 6.30. The fraction of sp³-hybridized carbons (Fsp3) is 0.375. The molecule has 5 rings (SSSR count). The predicted octanol–water partition coefficient (Wildman–Crippen LogP) is 3.45. The van der Waals surface area contributed by atoms with E-state index in [1.807, 2.05) is 12.1 Å². The van der Waals surface area contributed by atoms with E-state index in [2.05, 4.69) is 21.3 Å². The van der Waals surface area contributed by atoms with Gasteiger partial charge in [-0.2, -0.15) is 0 Å². The summed E-state index contributed by atoms with van der Waals surface area (Å²) >= 11 is 6.07. The van der Waals surface area contributed by atoms with Gasteiger partial charge in [0.1, 0.15) is 48.9 Å². The number of hydrogen-bond donors (Lipinski definition) is 7. The van der Waals surface area contributed by atoms with Crippen LogP contribution in [0.15, 0.2) is 84.9 Å². The molecule has 0 aromatic heterocycles. The summed E-state index contributed by atoms with van der Waals surface area (Å²) in [5.41, 5.74) is 15.5. The predicted molar refractivity (Wildman–Crippen MR) is 247 cm³/mol. The van der Waals surface area contributed by atoms with Crippen LogP contribution in [0, 0.1) is 0 Å². The second-order valence-corrected chi connectivity index (χ2v) is 16.3. The maximum Gasteiger partial charge on any atom is 0.251 e. The number of rotatable bonds is 18. The summed E-state index contributed by atoms with van der Waals surface area (Å²) in [6.07, 6.45) is 1.21. The molecular weight excluding hydrogens is 854 g/mol. The molecule has 4 aromatic carbocycles. The number of fused-ring (bicyclic) bond motifs is 5. The standard InChI is InChI=1S/C48H58ClN7O9/c1-28(30(3)58)52-46(61)40-26-31-8-18-41(65-24-22-57)37(25-31)38-27-35(15-19-42(38)64-23-21-51)43(47(62)53-29(2)44(59)55-40)56(4)48(63)39(7-5-6-20-50)54-45(60)34-11-9-32(10-12-34)33-13-16-36(49)17-14-33/h8-19,25,27-29,39-40,43,57H,5-7,20-24,26,50-51H2,1-4H3,(H,52,61)(H,53,62)(H,54,60)(H,55,59). The number of nitrogens with two attached hydrogens (primary N) is 2. The molecule has 17 heteroatoms. The molecule has 5 amide bonds. The number of likely N-dealkylation sites (N-methyl/N-ethyl adjacent to an activating group) is 1. The lowest BCUT2D eigenvalue weighted by atomic mass is 9.93.